The number of ether oxygens (including phenoxy) is 3. The summed E-state index contributed by atoms with van der Waals surface area (Å²) in [5.41, 5.74) is 6.77. The molecule has 2 aromatic rings. The molecular weight excluding hydrogens is 316 g/mol. The van der Waals surface area contributed by atoms with E-state index in [1.165, 1.54) is 0 Å². The van der Waals surface area contributed by atoms with Crippen LogP contribution in [0.25, 0.3) is 11.3 Å². The first-order valence-electron chi connectivity index (χ1n) is 5.33. The highest BCUT2D eigenvalue weighted by atomic mass is 79.9. The van der Waals surface area contributed by atoms with Gasteiger partial charge in [0.25, 0.3) is 0 Å². The van der Waals surface area contributed by atoms with Crippen LogP contribution in [0.15, 0.2) is 21.1 Å². The number of methoxy groups -OCH3 is 3. The van der Waals surface area contributed by atoms with Crippen LogP contribution in [-0.2, 0) is 0 Å². The highest BCUT2D eigenvalue weighted by molar-refractivity contribution is 9.10. The average Bonchev–Trinajstić information content (AvgIpc) is 2.84. The molecule has 0 spiro atoms. The van der Waals surface area contributed by atoms with Gasteiger partial charge in [0.15, 0.2) is 11.5 Å². The zero-order valence-electron chi connectivity index (χ0n) is 10.7. The van der Waals surface area contributed by atoms with Crippen LogP contribution in [0.1, 0.15) is 0 Å². The van der Waals surface area contributed by atoms with E-state index in [4.69, 9.17) is 24.5 Å². The van der Waals surface area contributed by atoms with E-state index in [1.807, 2.05) is 0 Å². The van der Waals surface area contributed by atoms with Crippen LogP contribution in [0.4, 0.5) is 5.88 Å². The van der Waals surface area contributed by atoms with Crippen LogP contribution in [0.2, 0.25) is 0 Å². The number of halogens is 1. The second-order valence-corrected chi connectivity index (χ2v) is 4.41. The molecule has 0 fully saturated rings. The zero-order valence-corrected chi connectivity index (χ0v) is 12.3. The van der Waals surface area contributed by atoms with Crippen LogP contribution < -0.4 is 19.9 Å². The van der Waals surface area contributed by atoms with Gasteiger partial charge in [0.2, 0.25) is 5.88 Å². The van der Waals surface area contributed by atoms with E-state index >= 15 is 0 Å². The van der Waals surface area contributed by atoms with Crippen molar-refractivity contribution in [2.24, 2.45) is 0 Å². The lowest BCUT2D eigenvalue weighted by molar-refractivity contribution is 0.346. The molecule has 19 heavy (non-hydrogen) atoms. The number of hydrogen-bond acceptors (Lipinski definition) is 6. The molecule has 1 aromatic carbocycles. The fourth-order valence-electron chi connectivity index (χ4n) is 1.74. The highest BCUT2D eigenvalue weighted by Crippen LogP contribution is 2.47. The molecule has 0 aliphatic heterocycles. The minimum Gasteiger partial charge on any atom is -0.495 e. The Bertz CT molecular complexity index is 598. The summed E-state index contributed by atoms with van der Waals surface area (Å²) >= 11 is 3.43. The summed E-state index contributed by atoms with van der Waals surface area (Å²) < 4.78 is 21.5. The maximum Gasteiger partial charge on any atom is 0.222 e. The molecule has 2 rings (SSSR count). The highest BCUT2D eigenvalue weighted by Gasteiger charge is 2.21. The van der Waals surface area contributed by atoms with Crippen molar-refractivity contribution in [2.45, 2.75) is 0 Å². The molecule has 6 nitrogen and oxygen atoms in total. The maximum atomic E-state index is 5.53. The van der Waals surface area contributed by atoms with Gasteiger partial charge in [-0.15, -0.1) is 0 Å². The Morgan fingerprint density at radius 1 is 1.11 bits per heavy atom. The van der Waals surface area contributed by atoms with E-state index in [0.717, 1.165) is 0 Å². The Morgan fingerprint density at radius 2 is 1.79 bits per heavy atom. The number of nitrogen functional groups attached to an aromatic ring is 1. The average molecular weight is 329 g/mol. The van der Waals surface area contributed by atoms with Crippen LogP contribution >= 0.6 is 15.9 Å². The number of anilines is 1. The minimum atomic E-state index is 0.225. The van der Waals surface area contributed by atoms with Gasteiger partial charge < -0.3 is 24.5 Å². The number of hydrogen-bond donors (Lipinski definition) is 1. The van der Waals surface area contributed by atoms with Crippen molar-refractivity contribution in [1.82, 2.24) is 5.16 Å². The van der Waals surface area contributed by atoms with E-state index < -0.39 is 0 Å². The lowest BCUT2D eigenvalue weighted by Gasteiger charge is -2.15. The van der Waals surface area contributed by atoms with E-state index in [9.17, 15) is 0 Å². The molecule has 0 aliphatic rings. The van der Waals surface area contributed by atoms with Gasteiger partial charge in [-0.3, -0.25) is 0 Å². The Labute approximate surface area is 118 Å². The smallest absolute Gasteiger partial charge is 0.222 e. The quantitative estimate of drug-likeness (QED) is 0.929. The first-order valence-corrected chi connectivity index (χ1v) is 6.12. The van der Waals surface area contributed by atoms with Crippen molar-refractivity contribution >= 4 is 21.8 Å². The van der Waals surface area contributed by atoms with Crippen LogP contribution in [0.3, 0.4) is 0 Å². The third-order valence-corrected chi connectivity index (χ3v) is 3.30. The molecule has 1 heterocycles. The predicted molar refractivity (Wildman–Crippen MR) is 73.7 cm³/mol. The lowest BCUT2D eigenvalue weighted by Crippen LogP contribution is -1.97. The number of rotatable bonds is 4. The van der Waals surface area contributed by atoms with Gasteiger partial charge in [-0.1, -0.05) is 5.16 Å². The number of nitrogens with two attached hydrogens (primary N) is 1. The molecule has 0 radical (unpaired) electrons. The predicted octanol–water partition coefficient (Wildman–Crippen LogP) is 2.71. The summed E-state index contributed by atoms with van der Waals surface area (Å²) in [6.07, 6.45) is 0. The molecule has 1 aromatic heterocycles. The number of benzene rings is 1. The number of aromatic nitrogens is 1. The van der Waals surface area contributed by atoms with E-state index in [2.05, 4.69) is 21.1 Å². The fourth-order valence-corrected chi connectivity index (χ4v) is 2.47. The van der Waals surface area contributed by atoms with Crippen LogP contribution in [-0.4, -0.2) is 26.5 Å². The standard InChI is InChI=1S/C12H13BrN2O4/c1-16-8-4-6(7-5-9(14)19-15-7)11(17-2)10(13)12(8)18-3/h4-5H,14H2,1-3H3. The Morgan fingerprint density at radius 3 is 2.26 bits per heavy atom. The van der Waals surface area contributed by atoms with Crippen molar-refractivity contribution in [3.05, 3.63) is 16.6 Å². The number of nitrogens with zero attached hydrogens (tertiary/aromatic N) is 1. The molecule has 0 aliphatic carbocycles. The molecule has 0 saturated carbocycles. The Kier molecular flexibility index (Phi) is 3.84. The van der Waals surface area contributed by atoms with Crippen molar-refractivity contribution in [3.63, 3.8) is 0 Å². The summed E-state index contributed by atoms with van der Waals surface area (Å²) in [4.78, 5) is 0. The molecular formula is C12H13BrN2O4. The minimum absolute atomic E-state index is 0.225. The van der Waals surface area contributed by atoms with Crippen molar-refractivity contribution in [3.8, 4) is 28.5 Å². The summed E-state index contributed by atoms with van der Waals surface area (Å²) in [6.45, 7) is 0. The van der Waals surface area contributed by atoms with E-state index in [-0.39, 0.29) is 5.88 Å². The first kappa shape index (κ1) is 13.5. The van der Waals surface area contributed by atoms with Gasteiger partial charge in [0.05, 0.1) is 26.9 Å². The molecule has 7 heteroatoms. The lowest BCUT2D eigenvalue weighted by atomic mass is 10.1. The van der Waals surface area contributed by atoms with E-state index in [0.29, 0.717) is 33.0 Å². The van der Waals surface area contributed by atoms with Gasteiger partial charge in [0, 0.05) is 6.07 Å². The van der Waals surface area contributed by atoms with Crippen molar-refractivity contribution in [1.29, 1.82) is 0 Å². The summed E-state index contributed by atoms with van der Waals surface area (Å²) in [7, 11) is 4.66. The normalized spacial score (nSPS) is 10.3. The topological polar surface area (TPSA) is 79.7 Å². The van der Waals surface area contributed by atoms with Gasteiger partial charge >= 0.3 is 0 Å². The molecule has 0 saturated heterocycles. The van der Waals surface area contributed by atoms with Crippen LogP contribution in [0, 0.1) is 0 Å². The maximum absolute atomic E-state index is 5.53. The van der Waals surface area contributed by atoms with Gasteiger partial charge in [-0.2, -0.15) is 0 Å². The summed E-state index contributed by atoms with van der Waals surface area (Å²) in [5.74, 6) is 1.88. The third kappa shape index (κ3) is 2.33. The van der Waals surface area contributed by atoms with E-state index in [1.54, 1.807) is 33.5 Å². The Balaban J connectivity index is 2.69. The zero-order chi connectivity index (χ0) is 14.0. The second kappa shape index (κ2) is 5.40. The fraction of sp³-hybridized carbons (Fsp3) is 0.250. The third-order valence-electron chi connectivity index (χ3n) is 2.58. The molecule has 0 amide bonds. The Hall–Kier alpha value is -1.89. The molecule has 102 valence electrons. The largest absolute Gasteiger partial charge is 0.495 e. The monoisotopic (exact) mass is 328 g/mol. The van der Waals surface area contributed by atoms with Crippen LogP contribution in [0.5, 0.6) is 17.2 Å². The second-order valence-electron chi connectivity index (χ2n) is 3.62. The first-order chi connectivity index (χ1) is 9.12. The van der Waals surface area contributed by atoms with Gasteiger partial charge in [-0.05, 0) is 22.0 Å². The molecule has 0 bridgehead atoms. The van der Waals surface area contributed by atoms with Gasteiger partial charge in [-0.25, -0.2) is 0 Å². The summed E-state index contributed by atoms with van der Waals surface area (Å²) in [5, 5.41) is 3.87. The molecule has 2 N–H and O–H groups in total. The van der Waals surface area contributed by atoms with Crippen molar-refractivity contribution < 1.29 is 18.7 Å². The van der Waals surface area contributed by atoms with Gasteiger partial charge in [0.1, 0.15) is 15.9 Å². The van der Waals surface area contributed by atoms with Crippen molar-refractivity contribution in [2.75, 3.05) is 27.1 Å². The molecule has 0 atom stereocenters. The summed E-state index contributed by atoms with van der Waals surface area (Å²) in [6, 6.07) is 3.36. The SMILES string of the molecule is COc1cc(-c2cc(N)on2)c(OC)c(Br)c1OC. The molecule has 0 unspecified atom stereocenters.